The molecule has 0 radical (unpaired) electrons. The number of nitrogens with zero attached hydrogens (tertiary/aromatic N) is 2. The molecule has 0 saturated heterocycles. The van der Waals surface area contributed by atoms with Crippen LogP contribution in [0.2, 0.25) is 0 Å². The van der Waals surface area contributed by atoms with Crippen molar-refractivity contribution < 1.29 is 0 Å². The average Bonchev–Trinajstić information content (AvgIpc) is 3.51. The summed E-state index contributed by atoms with van der Waals surface area (Å²) >= 11 is 0. The smallest absolute Gasteiger partial charge is 0.161 e. The fraction of sp³-hybridized carbons (Fsp3) is 0.0833. The number of hydrogen-bond acceptors (Lipinski definition) is 2. The molecule has 0 bridgehead atoms. The predicted octanol–water partition coefficient (Wildman–Crippen LogP) is 13.3. The molecule has 0 N–H and O–H groups in total. The van der Waals surface area contributed by atoms with Gasteiger partial charge in [-0.05, 0) is 99.8 Å². The summed E-state index contributed by atoms with van der Waals surface area (Å²) in [5.41, 5.74) is 16.1. The Balaban J connectivity index is 1.30. The van der Waals surface area contributed by atoms with Gasteiger partial charge in [-0.3, -0.25) is 0 Å². The van der Waals surface area contributed by atoms with Crippen molar-refractivity contribution in [1.82, 2.24) is 9.97 Å². The van der Waals surface area contributed by atoms with E-state index in [9.17, 15) is 0 Å². The normalized spacial score (nSPS) is 12.5. The van der Waals surface area contributed by atoms with Crippen LogP contribution in [0.25, 0.3) is 83.6 Å². The monoisotopic (exact) mass is 642 g/mol. The standard InChI is InChI=1S/C48H38N2/c1-4-32(3)15-11-18-33(5-2)35-19-12-21-37(29-35)45-31-46(38-22-13-20-36(30-38)34-16-7-6-8-17-34)50-48(49-45)44-28-27-43-40-24-10-9-23-39(40)41-25-14-26-42(44)47(41)43/h5-31H,4H2,1-3H3/b18-11-,32-15+,33-5+. The Bertz CT molecular complexity index is 2450. The SMILES string of the molecule is C\C=C(/C=C\C=C(/C)CC)c1cccc(-c2cc(-c3cccc(-c4ccccc4)c3)nc(-c3ccc4c5c(cccc35)-c3ccccc3-4)n2)c1. The number of rotatable bonds is 8. The highest BCUT2D eigenvalue weighted by Crippen LogP contribution is 2.49. The van der Waals surface area contributed by atoms with Gasteiger partial charge in [-0.15, -0.1) is 0 Å². The van der Waals surface area contributed by atoms with Crippen LogP contribution in [0, 0.1) is 0 Å². The summed E-state index contributed by atoms with van der Waals surface area (Å²) in [5, 5.41) is 2.44. The average molecular weight is 643 g/mol. The summed E-state index contributed by atoms with van der Waals surface area (Å²) in [5.74, 6) is 0.721. The van der Waals surface area contributed by atoms with Gasteiger partial charge in [-0.1, -0.05) is 152 Å². The third-order valence-electron chi connectivity index (χ3n) is 9.80. The largest absolute Gasteiger partial charge is 0.228 e. The molecule has 0 amide bonds. The van der Waals surface area contributed by atoms with Gasteiger partial charge in [0.15, 0.2) is 5.82 Å². The molecule has 8 rings (SSSR count). The van der Waals surface area contributed by atoms with E-state index < -0.39 is 0 Å². The van der Waals surface area contributed by atoms with Gasteiger partial charge in [-0.2, -0.15) is 0 Å². The van der Waals surface area contributed by atoms with Crippen LogP contribution in [0.4, 0.5) is 0 Å². The van der Waals surface area contributed by atoms with Crippen LogP contribution in [-0.4, -0.2) is 9.97 Å². The number of aromatic nitrogens is 2. The second-order valence-corrected chi connectivity index (χ2v) is 12.9. The predicted molar refractivity (Wildman–Crippen MR) is 213 cm³/mol. The summed E-state index contributed by atoms with van der Waals surface area (Å²) < 4.78 is 0. The number of benzene rings is 6. The number of hydrogen-bond donors (Lipinski definition) is 0. The summed E-state index contributed by atoms with van der Waals surface area (Å²) in [6.45, 7) is 6.45. The highest BCUT2D eigenvalue weighted by atomic mass is 14.9. The van der Waals surface area contributed by atoms with E-state index in [2.05, 4.69) is 185 Å². The molecular weight excluding hydrogens is 605 g/mol. The summed E-state index contributed by atoms with van der Waals surface area (Å²) in [4.78, 5) is 10.6. The maximum Gasteiger partial charge on any atom is 0.161 e. The molecule has 0 saturated carbocycles. The molecule has 0 aliphatic heterocycles. The maximum atomic E-state index is 5.32. The maximum absolute atomic E-state index is 5.32. The minimum atomic E-state index is 0.721. The zero-order valence-corrected chi connectivity index (χ0v) is 28.7. The molecular formula is C48H38N2. The molecule has 1 aromatic heterocycles. The Labute approximate surface area is 294 Å². The van der Waals surface area contributed by atoms with E-state index in [1.165, 1.54) is 49.7 Å². The molecule has 2 nitrogen and oxygen atoms in total. The first-order valence-corrected chi connectivity index (χ1v) is 17.4. The number of fused-ring (bicyclic) bond motifs is 3. The topological polar surface area (TPSA) is 25.8 Å². The third-order valence-corrected chi connectivity index (χ3v) is 9.80. The fourth-order valence-corrected chi connectivity index (χ4v) is 7.01. The minimum Gasteiger partial charge on any atom is -0.228 e. The van der Waals surface area contributed by atoms with Gasteiger partial charge in [-0.25, -0.2) is 9.97 Å². The quantitative estimate of drug-likeness (QED) is 0.154. The van der Waals surface area contributed by atoms with Crippen LogP contribution in [0.5, 0.6) is 0 Å². The van der Waals surface area contributed by atoms with Crippen molar-refractivity contribution in [3.05, 3.63) is 175 Å². The molecule has 0 atom stereocenters. The van der Waals surface area contributed by atoms with Gasteiger partial charge < -0.3 is 0 Å². The molecule has 1 heterocycles. The Kier molecular flexibility index (Phi) is 8.36. The first-order valence-electron chi connectivity index (χ1n) is 17.4. The first-order chi connectivity index (χ1) is 24.6. The van der Waals surface area contributed by atoms with Gasteiger partial charge in [0.05, 0.1) is 11.4 Å². The molecule has 0 unspecified atom stereocenters. The van der Waals surface area contributed by atoms with Crippen molar-refractivity contribution in [1.29, 1.82) is 0 Å². The lowest BCUT2D eigenvalue weighted by molar-refractivity contribution is 1.10. The van der Waals surface area contributed by atoms with Gasteiger partial charge in [0.25, 0.3) is 0 Å². The van der Waals surface area contributed by atoms with E-state index in [0.717, 1.165) is 51.5 Å². The lowest BCUT2D eigenvalue weighted by Crippen LogP contribution is -1.97. The molecule has 0 fully saturated rings. The van der Waals surface area contributed by atoms with Crippen molar-refractivity contribution in [3.8, 4) is 67.3 Å². The molecule has 50 heavy (non-hydrogen) atoms. The van der Waals surface area contributed by atoms with Crippen LogP contribution < -0.4 is 0 Å². The lowest BCUT2D eigenvalue weighted by atomic mass is 9.97. The molecule has 240 valence electrons. The van der Waals surface area contributed by atoms with E-state index in [-0.39, 0.29) is 0 Å². The third kappa shape index (κ3) is 5.80. The van der Waals surface area contributed by atoms with Crippen molar-refractivity contribution >= 4 is 16.3 Å². The Morgan fingerprint density at radius 2 is 1.16 bits per heavy atom. The van der Waals surface area contributed by atoms with Crippen LogP contribution >= 0.6 is 0 Å². The Morgan fingerprint density at radius 3 is 1.90 bits per heavy atom. The second kappa shape index (κ2) is 13.4. The molecule has 2 heteroatoms. The van der Waals surface area contributed by atoms with Crippen molar-refractivity contribution in [2.75, 3.05) is 0 Å². The van der Waals surface area contributed by atoms with Crippen molar-refractivity contribution in [2.45, 2.75) is 27.2 Å². The van der Waals surface area contributed by atoms with Gasteiger partial charge in [0, 0.05) is 16.7 Å². The van der Waals surface area contributed by atoms with Crippen molar-refractivity contribution in [2.24, 2.45) is 0 Å². The Hall–Kier alpha value is -6.12. The van der Waals surface area contributed by atoms with Crippen LogP contribution in [0.3, 0.4) is 0 Å². The second-order valence-electron chi connectivity index (χ2n) is 12.9. The van der Waals surface area contributed by atoms with Crippen LogP contribution in [0.15, 0.2) is 169 Å². The van der Waals surface area contributed by atoms with E-state index in [1.807, 2.05) is 0 Å². The zero-order chi connectivity index (χ0) is 34.0. The van der Waals surface area contributed by atoms with E-state index >= 15 is 0 Å². The zero-order valence-electron chi connectivity index (χ0n) is 28.7. The van der Waals surface area contributed by atoms with Gasteiger partial charge in [0.1, 0.15) is 0 Å². The highest BCUT2D eigenvalue weighted by Gasteiger charge is 2.23. The first kappa shape index (κ1) is 31.2. The summed E-state index contributed by atoms with van der Waals surface area (Å²) in [6.07, 6.45) is 9.74. The molecule has 0 spiro atoms. The van der Waals surface area contributed by atoms with Crippen LogP contribution in [-0.2, 0) is 0 Å². The summed E-state index contributed by atoms with van der Waals surface area (Å²) in [6, 6.07) is 49.8. The van der Waals surface area contributed by atoms with E-state index in [1.54, 1.807) is 0 Å². The highest BCUT2D eigenvalue weighted by molar-refractivity contribution is 6.18. The van der Waals surface area contributed by atoms with Crippen LogP contribution in [0.1, 0.15) is 32.8 Å². The molecule has 1 aliphatic carbocycles. The van der Waals surface area contributed by atoms with E-state index in [0.29, 0.717) is 0 Å². The molecule has 1 aliphatic rings. The van der Waals surface area contributed by atoms with E-state index in [4.69, 9.17) is 9.97 Å². The lowest BCUT2D eigenvalue weighted by Gasteiger charge is -2.13. The summed E-state index contributed by atoms with van der Waals surface area (Å²) in [7, 11) is 0. The Morgan fingerprint density at radius 1 is 0.560 bits per heavy atom. The van der Waals surface area contributed by atoms with Gasteiger partial charge in [0.2, 0.25) is 0 Å². The number of allylic oxidation sites excluding steroid dienone is 6. The molecule has 6 aromatic carbocycles. The fourth-order valence-electron chi connectivity index (χ4n) is 7.01. The minimum absolute atomic E-state index is 0.721. The van der Waals surface area contributed by atoms with Crippen molar-refractivity contribution in [3.63, 3.8) is 0 Å². The molecule has 7 aromatic rings. The van der Waals surface area contributed by atoms with Gasteiger partial charge >= 0.3 is 0 Å².